The van der Waals surface area contributed by atoms with Crippen LogP contribution in [0.25, 0.3) is 0 Å². The van der Waals surface area contributed by atoms with Gasteiger partial charge in [-0.1, -0.05) is 15.9 Å². The lowest BCUT2D eigenvalue weighted by atomic mass is 10.1. The fraction of sp³-hybridized carbons (Fsp3) is 0.235. The molecule has 0 aliphatic carbocycles. The van der Waals surface area contributed by atoms with Gasteiger partial charge in [0.05, 0.1) is 21.3 Å². The number of benzene rings is 2. The molecule has 0 spiro atoms. The average molecular weight is 381 g/mol. The molecule has 0 saturated heterocycles. The molecule has 6 heteroatoms. The average Bonchev–Trinajstić information content (AvgIpc) is 2.59. The summed E-state index contributed by atoms with van der Waals surface area (Å²) < 4.78 is 22.2. The number of rotatable bonds is 7. The number of carbonyl (C=O) groups excluding carboxylic acids is 1. The first-order valence-corrected chi connectivity index (χ1v) is 7.60. The van der Waals surface area contributed by atoms with Gasteiger partial charge in [0.25, 0.3) is 0 Å². The van der Waals surface area contributed by atoms with E-state index in [2.05, 4.69) is 15.9 Å². The summed E-state index contributed by atoms with van der Waals surface area (Å²) in [5.74, 6) is 1.74. The molecule has 0 N–H and O–H groups in total. The summed E-state index contributed by atoms with van der Waals surface area (Å²) >= 11 is 3.35. The third-order valence-electron chi connectivity index (χ3n) is 3.17. The highest BCUT2D eigenvalue weighted by atomic mass is 79.9. The normalized spacial score (nSPS) is 10.1. The molecule has 0 amide bonds. The van der Waals surface area contributed by atoms with Crippen molar-refractivity contribution in [1.82, 2.24) is 0 Å². The second kappa shape index (κ2) is 7.87. The van der Waals surface area contributed by atoms with Gasteiger partial charge >= 0.3 is 0 Å². The van der Waals surface area contributed by atoms with Crippen molar-refractivity contribution in [2.45, 2.75) is 0 Å². The second-order valence-corrected chi connectivity index (χ2v) is 5.50. The molecule has 2 aromatic rings. The number of ether oxygens (including phenoxy) is 4. The molecule has 0 radical (unpaired) electrons. The van der Waals surface area contributed by atoms with Crippen molar-refractivity contribution < 1.29 is 23.7 Å². The number of halogens is 1. The predicted molar refractivity (Wildman–Crippen MR) is 90.1 cm³/mol. The fourth-order valence-corrected chi connectivity index (χ4v) is 2.27. The van der Waals surface area contributed by atoms with Gasteiger partial charge in [-0.15, -0.1) is 0 Å². The van der Waals surface area contributed by atoms with Gasteiger partial charge < -0.3 is 18.9 Å². The molecule has 0 heterocycles. The zero-order chi connectivity index (χ0) is 16.8. The van der Waals surface area contributed by atoms with Gasteiger partial charge in [0, 0.05) is 10.0 Å². The summed E-state index contributed by atoms with van der Waals surface area (Å²) in [6.07, 6.45) is 0. The van der Waals surface area contributed by atoms with Crippen LogP contribution < -0.4 is 18.9 Å². The van der Waals surface area contributed by atoms with Crippen LogP contribution in [0, 0.1) is 0 Å². The smallest absolute Gasteiger partial charge is 0.203 e. The lowest BCUT2D eigenvalue weighted by Crippen LogP contribution is -2.12. The van der Waals surface area contributed by atoms with Crippen LogP contribution in [0.1, 0.15) is 10.4 Å². The van der Waals surface area contributed by atoms with Crippen molar-refractivity contribution in [3.05, 3.63) is 46.4 Å². The van der Waals surface area contributed by atoms with E-state index in [1.54, 1.807) is 24.3 Å². The van der Waals surface area contributed by atoms with Crippen LogP contribution in [0.15, 0.2) is 40.9 Å². The Labute approximate surface area is 143 Å². The van der Waals surface area contributed by atoms with Crippen LogP contribution >= 0.6 is 15.9 Å². The number of Topliss-reactive ketones (excluding diaryl/α,β-unsaturated/α-hetero) is 1. The Kier molecular flexibility index (Phi) is 5.87. The lowest BCUT2D eigenvalue weighted by molar-refractivity contribution is 0.0920. The van der Waals surface area contributed by atoms with Gasteiger partial charge in [-0.05, 0) is 36.4 Å². The summed E-state index contributed by atoms with van der Waals surface area (Å²) in [6.45, 7) is -0.0831. The zero-order valence-corrected chi connectivity index (χ0v) is 14.7. The van der Waals surface area contributed by atoms with E-state index in [0.29, 0.717) is 28.6 Å². The molecular weight excluding hydrogens is 364 g/mol. The standard InChI is InChI=1S/C17H17BrO5/c1-20-15-8-11(9-16(21-2)17(15)22-3)14(19)10-23-13-6-4-12(18)5-7-13/h4-9H,10H2,1-3H3. The topological polar surface area (TPSA) is 54.0 Å². The second-order valence-electron chi connectivity index (χ2n) is 4.58. The van der Waals surface area contributed by atoms with Gasteiger partial charge in [-0.25, -0.2) is 0 Å². The van der Waals surface area contributed by atoms with Crippen molar-refractivity contribution >= 4 is 21.7 Å². The summed E-state index contributed by atoms with van der Waals surface area (Å²) in [6, 6.07) is 10.5. The van der Waals surface area contributed by atoms with Crippen molar-refractivity contribution in [2.75, 3.05) is 27.9 Å². The largest absolute Gasteiger partial charge is 0.493 e. The summed E-state index contributed by atoms with van der Waals surface area (Å²) in [7, 11) is 4.52. The van der Waals surface area contributed by atoms with E-state index < -0.39 is 0 Å². The number of methoxy groups -OCH3 is 3. The first-order chi connectivity index (χ1) is 11.1. The minimum absolute atomic E-state index is 0.0831. The van der Waals surface area contributed by atoms with E-state index in [0.717, 1.165) is 4.47 Å². The molecule has 0 aliphatic heterocycles. The van der Waals surface area contributed by atoms with Crippen molar-refractivity contribution in [3.63, 3.8) is 0 Å². The Bertz CT molecular complexity index is 657. The van der Waals surface area contributed by atoms with Gasteiger partial charge in [0.2, 0.25) is 5.75 Å². The maximum absolute atomic E-state index is 12.3. The summed E-state index contributed by atoms with van der Waals surface area (Å²) in [4.78, 5) is 12.3. The van der Waals surface area contributed by atoms with Crippen molar-refractivity contribution in [2.24, 2.45) is 0 Å². The van der Waals surface area contributed by atoms with Crippen LogP contribution in [-0.2, 0) is 0 Å². The molecule has 23 heavy (non-hydrogen) atoms. The maximum atomic E-state index is 12.3. The SMILES string of the molecule is COc1cc(C(=O)COc2ccc(Br)cc2)cc(OC)c1OC. The highest BCUT2D eigenvalue weighted by molar-refractivity contribution is 9.10. The molecule has 122 valence electrons. The molecule has 0 atom stereocenters. The Balaban J connectivity index is 2.16. The first kappa shape index (κ1) is 17.1. The Morgan fingerprint density at radius 3 is 2.00 bits per heavy atom. The number of hydrogen-bond acceptors (Lipinski definition) is 5. The van der Waals surface area contributed by atoms with Gasteiger partial charge in [-0.2, -0.15) is 0 Å². The van der Waals surface area contributed by atoms with E-state index in [1.165, 1.54) is 21.3 Å². The van der Waals surface area contributed by atoms with Crippen LogP contribution in [0.4, 0.5) is 0 Å². The minimum atomic E-state index is -0.188. The van der Waals surface area contributed by atoms with Gasteiger partial charge in [-0.3, -0.25) is 4.79 Å². The first-order valence-electron chi connectivity index (χ1n) is 6.80. The van der Waals surface area contributed by atoms with Crippen molar-refractivity contribution in [3.8, 4) is 23.0 Å². The van der Waals surface area contributed by atoms with Crippen LogP contribution in [0.5, 0.6) is 23.0 Å². The lowest BCUT2D eigenvalue weighted by Gasteiger charge is -2.14. The molecular formula is C17H17BrO5. The summed E-state index contributed by atoms with van der Waals surface area (Å²) in [5, 5.41) is 0. The molecule has 0 fully saturated rings. The summed E-state index contributed by atoms with van der Waals surface area (Å²) in [5.41, 5.74) is 0.427. The van der Waals surface area contributed by atoms with Crippen LogP contribution in [-0.4, -0.2) is 33.7 Å². The van der Waals surface area contributed by atoms with Crippen molar-refractivity contribution in [1.29, 1.82) is 0 Å². The molecule has 0 aromatic heterocycles. The molecule has 2 rings (SSSR count). The third-order valence-corrected chi connectivity index (χ3v) is 3.70. The Hall–Kier alpha value is -2.21. The number of carbonyl (C=O) groups is 1. The highest BCUT2D eigenvalue weighted by Gasteiger charge is 2.17. The predicted octanol–water partition coefficient (Wildman–Crippen LogP) is 3.74. The Morgan fingerprint density at radius 2 is 1.52 bits per heavy atom. The van der Waals surface area contributed by atoms with Gasteiger partial charge in [0.15, 0.2) is 23.9 Å². The van der Waals surface area contributed by atoms with E-state index in [4.69, 9.17) is 18.9 Å². The zero-order valence-electron chi connectivity index (χ0n) is 13.1. The van der Waals surface area contributed by atoms with Crippen LogP contribution in [0.3, 0.4) is 0 Å². The number of hydrogen-bond donors (Lipinski definition) is 0. The highest BCUT2D eigenvalue weighted by Crippen LogP contribution is 2.38. The molecule has 5 nitrogen and oxygen atoms in total. The Morgan fingerprint density at radius 1 is 0.957 bits per heavy atom. The van der Waals surface area contributed by atoms with E-state index in [9.17, 15) is 4.79 Å². The number of ketones is 1. The van der Waals surface area contributed by atoms with E-state index in [-0.39, 0.29) is 12.4 Å². The molecule has 2 aromatic carbocycles. The third kappa shape index (κ3) is 4.16. The quantitative estimate of drug-likeness (QED) is 0.684. The molecule has 0 unspecified atom stereocenters. The minimum Gasteiger partial charge on any atom is -0.493 e. The monoisotopic (exact) mass is 380 g/mol. The fourth-order valence-electron chi connectivity index (χ4n) is 2.01. The maximum Gasteiger partial charge on any atom is 0.203 e. The van der Waals surface area contributed by atoms with Gasteiger partial charge in [0.1, 0.15) is 5.75 Å². The van der Waals surface area contributed by atoms with E-state index >= 15 is 0 Å². The molecule has 0 saturated carbocycles. The molecule has 0 bridgehead atoms. The van der Waals surface area contributed by atoms with E-state index in [1.807, 2.05) is 12.1 Å². The van der Waals surface area contributed by atoms with Crippen LogP contribution in [0.2, 0.25) is 0 Å². The molecule has 0 aliphatic rings.